The fourth-order valence-electron chi connectivity index (χ4n) is 8.06. The van der Waals surface area contributed by atoms with E-state index in [4.69, 9.17) is 18.9 Å². The van der Waals surface area contributed by atoms with Gasteiger partial charge in [-0.3, -0.25) is 4.79 Å². The molecule has 3 saturated heterocycles. The Morgan fingerprint density at radius 2 is 1.77 bits per heavy atom. The van der Waals surface area contributed by atoms with Gasteiger partial charge in [-0.25, -0.2) is 4.79 Å². The number of Topliss-reactive ketones (excluding diaryl/α,β-unsaturated/α-hetero) is 1. The van der Waals surface area contributed by atoms with Gasteiger partial charge in [0.2, 0.25) is 5.78 Å². The highest BCUT2D eigenvalue weighted by Gasteiger charge is 2.41. The Kier molecular flexibility index (Phi) is 11.7. The number of ether oxygens (including phenoxy) is 4. The molecule has 3 aliphatic heterocycles. The van der Waals surface area contributed by atoms with Gasteiger partial charge in [0.15, 0.2) is 6.61 Å². The monoisotopic (exact) mass is 602 g/mol. The van der Waals surface area contributed by atoms with Crippen LogP contribution in [0.1, 0.15) is 80.1 Å². The van der Waals surface area contributed by atoms with Gasteiger partial charge in [0.1, 0.15) is 11.3 Å². The first kappa shape index (κ1) is 33.9. The molecule has 4 aliphatic rings. The van der Waals surface area contributed by atoms with Gasteiger partial charge in [-0.15, -0.1) is 0 Å². The molecular formula is C35H54O8. The van der Waals surface area contributed by atoms with E-state index in [2.05, 4.69) is 52.8 Å². The number of methoxy groups -OCH3 is 1. The number of aliphatic hydroxyl groups excluding tert-OH is 2. The first-order valence-electron chi connectivity index (χ1n) is 16.4. The molecule has 4 fully saturated rings. The van der Waals surface area contributed by atoms with Crippen LogP contribution in [-0.2, 0) is 28.5 Å². The number of esters is 1. The third-order valence-corrected chi connectivity index (χ3v) is 10.7. The van der Waals surface area contributed by atoms with Crippen molar-refractivity contribution in [1.82, 2.24) is 0 Å². The number of allylic oxidation sites excluding steroid dienone is 2. The summed E-state index contributed by atoms with van der Waals surface area (Å²) >= 11 is 0. The predicted octanol–water partition coefficient (Wildman–Crippen LogP) is 5.74. The van der Waals surface area contributed by atoms with Crippen LogP contribution in [0.15, 0.2) is 35.1 Å². The zero-order valence-corrected chi connectivity index (χ0v) is 27.2. The largest absolute Gasteiger partial charge is 0.511 e. The zero-order chi connectivity index (χ0) is 31.4. The van der Waals surface area contributed by atoms with Crippen molar-refractivity contribution in [2.75, 3.05) is 20.3 Å². The Balaban J connectivity index is 1.48. The van der Waals surface area contributed by atoms with Gasteiger partial charge in [-0.1, -0.05) is 65.7 Å². The molecule has 0 radical (unpaired) electrons. The van der Waals surface area contributed by atoms with Crippen molar-refractivity contribution >= 4 is 11.8 Å². The molecule has 43 heavy (non-hydrogen) atoms. The lowest BCUT2D eigenvalue weighted by atomic mass is 9.66. The molecule has 8 nitrogen and oxygen atoms in total. The smallest absolute Gasteiger partial charge is 0.345 e. The van der Waals surface area contributed by atoms with E-state index in [9.17, 15) is 19.8 Å². The highest BCUT2D eigenvalue weighted by atomic mass is 16.6. The summed E-state index contributed by atoms with van der Waals surface area (Å²) in [7, 11) is 1.73. The fraction of sp³-hybridized carbons (Fsp3) is 0.771. The molecule has 2 N–H and O–H groups in total. The van der Waals surface area contributed by atoms with E-state index in [0.29, 0.717) is 5.92 Å². The van der Waals surface area contributed by atoms with Crippen LogP contribution in [0.2, 0.25) is 0 Å². The molecule has 12 atom stereocenters. The van der Waals surface area contributed by atoms with Crippen LogP contribution in [0.4, 0.5) is 0 Å². The summed E-state index contributed by atoms with van der Waals surface area (Å²) in [6, 6.07) is 0. The zero-order valence-electron chi connectivity index (χ0n) is 27.2. The van der Waals surface area contributed by atoms with E-state index in [1.54, 1.807) is 7.11 Å². The van der Waals surface area contributed by atoms with Crippen LogP contribution in [0.3, 0.4) is 0 Å². The summed E-state index contributed by atoms with van der Waals surface area (Å²) < 4.78 is 23.4. The highest BCUT2D eigenvalue weighted by molar-refractivity contribution is 6.22. The Morgan fingerprint density at radius 3 is 2.42 bits per heavy atom. The van der Waals surface area contributed by atoms with Crippen LogP contribution in [0.5, 0.6) is 0 Å². The van der Waals surface area contributed by atoms with Crippen molar-refractivity contribution in [1.29, 1.82) is 0 Å². The Morgan fingerprint density at radius 1 is 1.02 bits per heavy atom. The van der Waals surface area contributed by atoms with Gasteiger partial charge in [0, 0.05) is 18.9 Å². The second-order valence-corrected chi connectivity index (χ2v) is 13.8. The van der Waals surface area contributed by atoms with Crippen molar-refractivity contribution in [3.8, 4) is 0 Å². The van der Waals surface area contributed by atoms with Gasteiger partial charge in [-0.2, -0.15) is 0 Å². The number of hydrogen-bond acceptors (Lipinski definition) is 8. The molecule has 242 valence electrons. The van der Waals surface area contributed by atoms with Crippen LogP contribution in [0.25, 0.3) is 0 Å². The summed E-state index contributed by atoms with van der Waals surface area (Å²) in [6.45, 7) is 12.3. The normalized spacial score (nSPS) is 39.2. The molecular weight excluding hydrogens is 548 g/mol. The lowest BCUT2D eigenvalue weighted by Gasteiger charge is -2.41. The first-order valence-corrected chi connectivity index (χ1v) is 16.4. The van der Waals surface area contributed by atoms with E-state index in [0.717, 1.165) is 44.1 Å². The van der Waals surface area contributed by atoms with E-state index in [1.807, 2.05) is 6.92 Å². The first-order chi connectivity index (χ1) is 20.5. The molecule has 3 heterocycles. The van der Waals surface area contributed by atoms with Gasteiger partial charge < -0.3 is 29.2 Å². The number of ketones is 1. The van der Waals surface area contributed by atoms with Crippen molar-refractivity contribution in [3.63, 3.8) is 0 Å². The lowest BCUT2D eigenvalue weighted by Crippen LogP contribution is -2.37. The van der Waals surface area contributed by atoms with Crippen LogP contribution >= 0.6 is 0 Å². The molecule has 1 aliphatic carbocycles. The molecule has 0 aromatic rings. The standard InChI is InChI=1S/C35H54O8/c1-19-9-8-10-25(30(19)23(5)32(38)31-28(37)18-41-35(31)39)16-26(17-36)34-21(3)12-14-27(42-34)13-11-20(2)33-22(4)15-29(43-33)24(6)40-7/h11,13,16,19-25,27,29-30,33-34,36,38H,8-10,12,14-15,17-18H2,1-7H3/b13-11+,26-16+,32-31-/t19-,20+,21-,22-,23+,24?,25-,27-,29-,30-,33?,34-/m0/s1. The average Bonchev–Trinajstić information content (AvgIpc) is 3.55. The summed E-state index contributed by atoms with van der Waals surface area (Å²) in [5, 5.41) is 21.6. The Bertz CT molecular complexity index is 1060. The maximum Gasteiger partial charge on any atom is 0.345 e. The number of hydrogen-bond donors (Lipinski definition) is 2. The number of rotatable bonds is 10. The van der Waals surface area contributed by atoms with E-state index >= 15 is 0 Å². The summed E-state index contributed by atoms with van der Waals surface area (Å²) in [5.74, 6) is -0.447. The molecule has 0 spiro atoms. The minimum absolute atomic E-state index is 0.0116. The Hall–Kier alpha value is -2.00. The van der Waals surface area contributed by atoms with Crippen molar-refractivity contribution in [2.45, 2.75) is 111 Å². The molecule has 8 heteroatoms. The van der Waals surface area contributed by atoms with Gasteiger partial charge in [0.25, 0.3) is 0 Å². The minimum Gasteiger partial charge on any atom is -0.511 e. The van der Waals surface area contributed by atoms with Gasteiger partial charge >= 0.3 is 5.97 Å². The SMILES string of the molecule is COC(C)[C@@H]1C[C@H](C)C([C@H](C)/C=C/[C@H]2CC[C@H](C)[C@@H](/C(=C/[C@@H]3CCC[C@H](C)[C@H]3[C@@H](C)/C(O)=C3\C(=O)COC3=O)CO)O2)O1. The number of aliphatic hydroxyl groups is 2. The molecule has 0 aromatic carbocycles. The third kappa shape index (κ3) is 7.63. The topological polar surface area (TPSA) is 112 Å². The lowest BCUT2D eigenvalue weighted by molar-refractivity contribution is -0.135. The second kappa shape index (κ2) is 14.9. The predicted molar refractivity (Wildman–Crippen MR) is 164 cm³/mol. The van der Waals surface area contributed by atoms with Gasteiger partial charge in [0.05, 0.1) is 37.1 Å². The molecule has 0 aromatic heterocycles. The summed E-state index contributed by atoms with van der Waals surface area (Å²) in [6.07, 6.45) is 12.5. The van der Waals surface area contributed by atoms with Crippen LogP contribution in [-0.4, -0.2) is 72.8 Å². The van der Waals surface area contributed by atoms with E-state index in [1.165, 1.54) is 0 Å². The maximum absolute atomic E-state index is 12.3. The number of carbonyl (C=O) groups excluding carboxylic acids is 2. The molecule has 2 unspecified atom stereocenters. The maximum atomic E-state index is 12.3. The Labute approximate surface area is 257 Å². The third-order valence-electron chi connectivity index (χ3n) is 10.7. The van der Waals surface area contributed by atoms with E-state index in [-0.39, 0.29) is 84.7 Å². The van der Waals surface area contributed by atoms with E-state index < -0.39 is 17.7 Å². The molecule has 0 amide bonds. The van der Waals surface area contributed by atoms with Crippen molar-refractivity contribution in [2.24, 2.45) is 41.4 Å². The van der Waals surface area contributed by atoms with Crippen molar-refractivity contribution < 1.29 is 38.7 Å². The molecule has 0 bridgehead atoms. The number of cyclic esters (lactones) is 1. The van der Waals surface area contributed by atoms with Crippen molar-refractivity contribution in [3.05, 3.63) is 35.1 Å². The molecule has 1 saturated carbocycles. The number of carbonyl (C=O) groups is 2. The summed E-state index contributed by atoms with van der Waals surface area (Å²) in [4.78, 5) is 24.4. The second-order valence-electron chi connectivity index (χ2n) is 13.8. The molecule has 4 rings (SSSR count). The van der Waals surface area contributed by atoms with Gasteiger partial charge in [-0.05, 0) is 67.8 Å². The minimum atomic E-state index is -0.739. The van der Waals surface area contributed by atoms with Crippen LogP contribution < -0.4 is 0 Å². The summed E-state index contributed by atoms with van der Waals surface area (Å²) in [5.41, 5.74) is 0.673. The average molecular weight is 603 g/mol. The van der Waals surface area contributed by atoms with Crippen LogP contribution in [0, 0.1) is 41.4 Å². The highest BCUT2D eigenvalue weighted by Crippen LogP contribution is 2.44. The fourth-order valence-corrected chi connectivity index (χ4v) is 8.06. The quantitative estimate of drug-likeness (QED) is 0.107.